The van der Waals surface area contributed by atoms with Crippen LogP contribution in [0.25, 0.3) is 0 Å². The summed E-state index contributed by atoms with van der Waals surface area (Å²) in [4.78, 5) is 2.37. The minimum atomic E-state index is -0.326. The standard InChI is InChI=1S/C13H17NO/c15-13-8-12(13)6-7-14(10-13)9-11-4-2-1-3-5-11/h1-5,12,15H,6-10H2/t12-,13+/m0/s1. The Morgan fingerprint density at radius 2 is 2.13 bits per heavy atom. The molecule has 0 aromatic heterocycles. The molecule has 1 aliphatic carbocycles. The molecular weight excluding hydrogens is 186 g/mol. The molecule has 2 aliphatic rings. The molecule has 80 valence electrons. The molecular formula is C13H17NO. The Bertz CT molecular complexity index is 351. The summed E-state index contributed by atoms with van der Waals surface area (Å²) in [7, 11) is 0. The van der Waals surface area contributed by atoms with Gasteiger partial charge >= 0.3 is 0 Å². The Labute approximate surface area is 90.5 Å². The third-order valence-electron chi connectivity index (χ3n) is 3.74. The van der Waals surface area contributed by atoms with Gasteiger partial charge in [-0.1, -0.05) is 30.3 Å². The zero-order chi connectivity index (χ0) is 10.3. The largest absolute Gasteiger partial charge is 0.388 e. The second-order valence-electron chi connectivity index (χ2n) is 4.99. The number of β-amino-alcohol motifs (C(OH)–C–C–N with tert-alkyl or cyclic N) is 1. The van der Waals surface area contributed by atoms with Gasteiger partial charge in [-0.3, -0.25) is 4.90 Å². The van der Waals surface area contributed by atoms with Crippen LogP contribution in [0.3, 0.4) is 0 Å². The van der Waals surface area contributed by atoms with Crippen molar-refractivity contribution in [3.63, 3.8) is 0 Å². The van der Waals surface area contributed by atoms with Crippen LogP contribution < -0.4 is 0 Å². The number of nitrogens with zero attached hydrogens (tertiary/aromatic N) is 1. The first-order valence-corrected chi connectivity index (χ1v) is 5.75. The van der Waals surface area contributed by atoms with Crippen LogP contribution in [0.2, 0.25) is 0 Å². The van der Waals surface area contributed by atoms with Crippen molar-refractivity contribution >= 4 is 0 Å². The number of hydrogen-bond donors (Lipinski definition) is 1. The second kappa shape index (κ2) is 3.32. The molecule has 1 saturated carbocycles. The van der Waals surface area contributed by atoms with Crippen molar-refractivity contribution in [3.05, 3.63) is 35.9 Å². The SMILES string of the molecule is O[C@@]12C[C@@H]1CCN(Cc1ccccc1)C2. The lowest BCUT2D eigenvalue weighted by molar-refractivity contribution is 0.0468. The molecule has 2 heteroatoms. The van der Waals surface area contributed by atoms with Crippen LogP contribution in [0.1, 0.15) is 18.4 Å². The average molecular weight is 203 g/mol. The van der Waals surface area contributed by atoms with Gasteiger partial charge in [0, 0.05) is 13.1 Å². The summed E-state index contributed by atoms with van der Waals surface area (Å²) in [6.07, 6.45) is 2.20. The first kappa shape index (κ1) is 9.37. The van der Waals surface area contributed by atoms with Crippen molar-refractivity contribution in [3.8, 4) is 0 Å². The van der Waals surface area contributed by atoms with Gasteiger partial charge in [-0.25, -0.2) is 0 Å². The van der Waals surface area contributed by atoms with Crippen LogP contribution >= 0.6 is 0 Å². The first-order chi connectivity index (χ1) is 7.26. The topological polar surface area (TPSA) is 23.5 Å². The lowest BCUT2D eigenvalue weighted by atomic mass is 10.1. The molecule has 1 aromatic carbocycles. The molecule has 1 N–H and O–H groups in total. The highest BCUT2D eigenvalue weighted by Crippen LogP contribution is 2.49. The van der Waals surface area contributed by atoms with Crippen molar-refractivity contribution in [1.82, 2.24) is 4.90 Å². The zero-order valence-corrected chi connectivity index (χ0v) is 8.89. The van der Waals surface area contributed by atoms with E-state index in [-0.39, 0.29) is 5.60 Å². The summed E-state index contributed by atoms with van der Waals surface area (Å²) >= 11 is 0. The third kappa shape index (κ3) is 1.80. The Morgan fingerprint density at radius 3 is 2.87 bits per heavy atom. The summed E-state index contributed by atoms with van der Waals surface area (Å²) < 4.78 is 0. The van der Waals surface area contributed by atoms with E-state index in [1.165, 1.54) is 12.0 Å². The minimum absolute atomic E-state index is 0.326. The van der Waals surface area contributed by atoms with Crippen LogP contribution in [-0.4, -0.2) is 28.7 Å². The van der Waals surface area contributed by atoms with E-state index in [1.54, 1.807) is 0 Å². The summed E-state index contributed by atoms with van der Waals surface area (Å²) in [5.74, 6) is 0.601. The summed E-state index contributed by atoms with van der Waals surface area (Å²) in [5, 5.41) is 10.1. The number of benzene rings is 1. The molecule has 2 fully saturated rings. The van der Waals surface area contributed by atoms with Gasteiger partial charge in [0.05, 0.1) is 5.60 Å². The quantitative estimate of drug-likeness (QED) is 0.790. The van der Waals surface area contributed by atoms with Gasteiger partial charge in [-0.05, 0) is 30.9 Å². The van der Waals surface area contributed by atoms with E-state index in [4.69, 9.17) is 0 Å². The van der Waals surface area contributed by atoms with Crippen molar-refractivity contribution in [2.45, 2.75) is 25.0 Å². The van der Waals surface area contributed by atoms with Gasteiger partial charge in [0.25, 0.3) is 0 Å². The van der Waals surface area contributed by atoms with E-state index in [0.29, 0.717) is 5.92 Å². The van der Waals surface area contributed by atoms with Crippen molar-refractivity contribution in [1.29, 1.82) is 0 Å². The predicted octanol–water partition coefficient (Wildman–Crippen LogP) is 1.64. The van der Waals surface area contributed by atoms with Crippen molar-refractivity contribution in [2.24, 2.45) is 5.92 Å². The van der Waals surface area contributed by atoms with E-state index in [1.807, 2.05) is 6.07 Å². The summed E-state index contributed by atoms with van der Waals surface area (Å²) in [6.45, 7) is 2.99. The van der Waals surface area contributed by atoms with Gasteiger partial charge in [-0.2, -0.15) is 0 Å². The van der Waals surface area contributed by atoms with E-state index < -0.39 is 0 Å². The number of aliphatic hydroxyl groups is 1. The molecule has 0 unspecified atom stereocenters. The van der Waals surface area contributed by atoms with E-state index in [2.05, 4.69) is 29.2 Å². The van der Waals surface area contributed by atoms with Crippen LogP contribution in [0.4, 0.5) is 0 Å². The van der Waals surface area contributed by atoms with Crippen molar-refractivity contribution < 1.29 is 5.11 Å². The van der Waals surface area contributed by atoms with Gasteiger partial charge in [0.2, 0.25) is 0 Å². The highest BCUT2D eigenvalue weighted by atomic mass is 16.3. The van der Waals surface area contributed by atoms with Crippen molar-refractivity contribution in [2.75, 3.05) is 13.1 Å². The number of fused-ring (bicyclic) bond motifs is 1. The molecule has 0 spiro atoms. The van der Waals surface area contributed by atoms with Crippen LogP contribution in [-0.2, 0) is 6.54 Å². The fraction of sp³-hybridized carbons (Fsp3) is 0.538. The van der Waals surface area contributed by atoms with E-state index in [0.717, 1.165) is 26.1 Å². The van der Waals surface area contributed by atoms with E-state index >= 15 is 0 Å². The minimum Gasteiger partial charge on any atom is -0.388 e. The Kier molecular flexibility index (Phi) is 2.08. The van der Waals surface area contributed by atoms with Crippen LogP contribution in [0.15, 0.2) is 30.3 Å². The predicted molar refractivity (Wildman–Crippen MR) is 59.4 cm³/mol. The molecule has 1 heterocycles. The first-order valence-electron chi connectivity index (χ1n) is 5.75. The number of likely N-dealkylation sites (tertiary alicyclic amines) is 1. The van der Waals surface area contributed by atoms with Crippen LogP contribution in [0, 0.1) is 5.92 Å². The molecule has 2 nitrogen and oxygen atoms in total. The summed E-state index contributed by atoms with van der Waals surface area (Å²) in [5.41, 5.74) is 1.02. The van der Waals surface area contributed by atoms with Gasteiger partial charge in [0.1, 0.15) is 0 Å². The average Bonchev–Trinajstić information content (AvgIpc) is 2.90. The monoisotopic (exact) mass is 203 g/mol. The maximum atomic E-state index is 10.1. The maximum absolute atomic E-state index is 10.1. The lowest BCUT2D eigenvalue weighted by Crippen LogP contribution is -2.39. The molecule has 1 aliphatic heterocycles. The van der Waals surface area contributed by atoms with Gasteiger partial charge in [-0.15, -0.1) is 0 Å². The maximum Gasteiger partial charge on any atom is 0.0807 e. The Hall–Kier alpha value is -0.860. The fourth-order valence-electron chi connectivity index (χ4n) is 2.71. The normalized spacial score (nSPS) is 34.9. The Morgan fingerprint density at radius 1 is 1.33 bits per heavy atom. The molecule has 1 saturated heterocycles. The fourth-order valence-corrected chi connectivity index (χ4v) is 2.71. The highest BCUT2D eigenvalue weighted by molar-refractivity contribution is 5.16. The highest BCUT2D eigenvalue weighted by Gasteiger charge is 2.55. The Balaban J connectivity index is 1.64. The third-order valence-corrected chi connectivity index (χ3v) is 3.74. The van der Waals surface area contributed by atoms with Crippen LogP contribution in [0.5, 0.6) is 0 Å². The molecule has 2 atom stereocenters. The molecule has 1 aromatic rings. The molecule has 0 radical (unpaired) electrons. The summed E-state index contributed by atoms with van der Waals surface area (Å²) in [6, 6.07) is 10.5. The second-order valence-corrected chi connectivity index (χ2v) is 4.99. The number of piperidine rings is 1. The van der Waals surface area contributed by atoms with Gasteiger partial charge < -0.3 is 5.11 Å². The number of rotatable bonds is 2. The molecule has 3 rings (SSSR count). The zero-order valence-electron chi connectivity index (χ0n) is 8.89. The molecule has 15 heavy (non-hydrogen) atoms. The molecule has 0 bridgehead atoms. The van der Waals surface area contributed by atoms with E-state index in [9.17, 15) is 5.11 Å². The number of hydrogen-bond acceptors (Lipinski definition) is 2. The smallest absolute Gasteiger partial charge is 0.0807 e. The lowest BCUT2D eigenvalue weighted by Gasteiger charge is -2.29. The molecule has 0 amide bonds. The van der Waals surface area contributed by atoms with Gasteiger partial charge in [0.15, 0.2) is 0 Å².